The maximum atomic E-state index is 10.1. The number of carbonyl (C=O) groups is 1. The summed E-state index contributed by atoms with van der Waals surface area (Å²) in [4.78, 5) is 24.2. The van der Waals surface area contributed by atoms with E-state index in [0.717, 1.165) is 36.6 Å². The first-order chi connectivity index (χ1) is 19.7. The van der Waals surface area contributed by atoms with E-state index in [-0.39, 0.29) is 29.6 Å². The van der Waals surface area contributed by atoms with E-state index in [4.69, 9.17) is 19.9 Å². The average molecular weight is 712 g/mol. The second kappa shape index (κ2) is 27.9. The molecule has 10 nitrogen and oxygen atoms in total. The van der Waals surface area contributed by atoms with Gasteiger partial charge in [-0.05, 0) is 100 Å². The van der Waals surface area contributed by atoms with Crippen molar-refractivity contribution in [3.05, 3.63) is 95.0 Å². The van der Waals surface area contributed by atoms with Crippen molar-refractivity contribution in [2.75, 3.05) is 34.5 Å². The Bertz CT molecular complexity index is 1110. The number of hydrogen-bond donors (Lipinski definition) is 0. The van der Waals surface area contributed by atoms with Crippen LogP contribution in [-0.4, -0.2) is 60.6 Å². The van der Waals surface area contributed by atoms with Gasteiger partial charge in [-0.1, -0.05) is 0 Å². The van der Waals surface area contributed by atoms with Crippen LogP contribution in [-0.2, 0) is 4.74 Å². The van der Waals surface area contributed by atoms with E-state index in [1.165, 1.54) is 24.0 Å². The quantitative estimate of drug-likeness (QED) is 0.147. The SMILES string of the molecule is C1CCOC1.Cc1cc(/C=C/N(C)C)ccn1.Cc1cc(C=O)ccn1.Cc1ccnc(C)c1.[2H]CF.[Na+].[O-][I+3]([O-])([O-])[O-]. The van der Waals surface area contributed by atoms with Gasteiger partial charge >= 0.3 is 29.6 Å². The number of halogens is 2. The molecule has 0 aliphatic carbocycles. The molecule has 0 bridgehead atoms. The molecule has 1 fully saturated rings. The molecular formula is C29H41FIN4NaO6. The van der Waals surface area contributed by atoms with Crippen LogP contribution in [0.15, 0.2) is 61.2 Å². The Balaban J connectivity index is -0.000000467. The van der Waals surface area contributed by atoms with Crippen LogP contribution < -0.4 is 63.4 Å². The van der Waals surface area contributed by atoms with Gasteiger partial charge in [-0.15, -0.1) is 0 Å². The van der Waals surface area contributed by atoms with Crippen molar-refractivity contribution in [3.63, 3.8) is 0 Å². The second-order valence-electron chi connectivity index (χ2n) is 8.53. The normalized spacial score (nSPS) is 11.5. The molecule has 13 heteroatoms. The summed E-state index contributed by atoms with van der Waals surface area (Å²) in [5.41, 5.74) is 6.16. The van der Waals surface area contributed by atoms with Crippen molar-refractivity contribution < 1.29 is 78.7 Å². The third-order valence-corrected chi connectivity index (χ3v) is 4.42. The van der Waals surface area contributed by atoms with Gasteiger partial charge in [0, 0.05) is 68.5 Å². The Morgan fingerprint density at radius 2 is 1.26 bits per heavy atom. The number of aryl methyl sites for hydroxylation is 4. The maximum absolute atomic E-state index is 10.1. The van der Waals surface area contributed by atoms with Crippen molar-refractivity contribution in [1.29, 1.82) is 0 Å². The molecule has 42 heavy (non-hydrogen) atoms. The Hall–Kier alpha value is -1.88. The molecule has 3 aromatic rings. The fourth-order valence-electron chi connectivity index (χ4n) is 2.74. The number of pyridine rings is 3. The molecule has 0 N–H and O–H groups in total. The smallest absolute Gasteiger partial charge is 0.383 e. The predicted molar refractivity (Wildman–Crippen MR) is 147 cm³/mol. The maximum Gasteiger partial charge on any atom is 1.00 e. The third-order valence-electron chi connectivity index (χ3n) is 4.42. The van der Waals surface area contributed by atoms with E-state index < -0.39 is 27.2 Å². The van der Waals surface area contributed by atoms with Crippen LogP contribution in [0.3, 0.4) is 0 Å². The molecule has 1 aliphatic heterocycles. The Kier molecular flexibility index (Phi) is 28.1. The Morgan fingerprint density at radius 1 is 0.857 bits per heavy atom. The number of ether oxygens (including phenoxy) is 1. The van der Waals surface area contributed by atoms with E-state index in [1.807, 2.05) is 70.5 Å². The molecule has 4 rings (SSSR count). The number of hydrogen-bond acceptors (Lipinski definition) is 10. The molecule has 0 radical (unpaired) electrons. The fraction of sp³-hybridized carbons (Fsp3) is 0.379. The zero-order valence-electron chi connectivity index (χ0n) is 26.5. The van der Waals surface area contributed by atoms with Crippen LogP contribution in [0, 0.1) is 27.7 Å². The first-order valence-electron chi connectivity index (χ1n) is 13.0. The monoisotopic (exact) mass is 711 g/mol. The number of nitrogens with zero attached hydrogens (tertiary/aromatic N) is 4. The Morgan fingerprint density at radius 3 is 1.55 bits per heavy atom. The summed E-state index contributed by atoms with van der Waals surface area (Å²) in [6.45, 7) is 9.90. The van der Waals surface area contributed by atoms with E-state index in [2.05, 4.69) is 40.1 Å². The van der Waals surface area contributed by atoms with Crippen molar-refractivity contribution >= 4 is 12.4 Å². The van der Waals surface area contributed by atoms with Crippen molar-refractivity contribution in [2.24, 2.45) is 0 Å². The number of rotatable bonds is 3. The first kappa shape index (κ1) is 42.3. The fourth-order valence-corrected chi connectivity index (χ4v) is 2.74. The summed E-state index contributed by atoms with van der Waals surface area (Å²) in [6, 6.07) is 11.5. The molecule has 0 atom stereocenters. The van der Waals surface area contributed by atoms with Crippen LogP contribution >= 0.6 is 0 Å². The van der Waals surface area contributed by atoms with E-state index >= 15 is 0 Å². The van der Waals surface area contributed by atoms with Gasteiger partial charge in [0.05, 0.1) is 8.52 Å². The molecule has 0 amide bonds. The standard InChI is InChI=1S/C10H14N2.C7H7NO.C7H9N.C4H8O.CH3F.IO4.Na/c1-9-8-10(4-6-11-9)5-7-12(2)3;1-6-4-7(5-9)2-3-8-6;1-6-3-4-8-7(2)5-6;1-2-4-5-3-1;1-2;2-1(3,4)5;/h4-8H,1-3H3;2-5H,1H3;3-5H,1-2H3;1-4H2;1H3;;/q;;;;;-1;+1/b7-5+;;;;;;/i;;;;1D;;. The Labute approximate surface area is 279 Å². The number of aldehydes is 1. The minimum Gasteiger partial charge on any atom is -0.383 e. The number of aromatic nitrogens is 3. The number of carbonyl (C=O) groups excluding carboxylic acids is 1. The molecule has 0 spiro atoms. The van der Waals surface area contributed by atoms with Crippen molar-refractivity contribution in [3.8, 4) is 0 Å². The molecule has 0 saturated carbocycles. The van der Waals surface area contributed by atoms with E-state index in [9.17, 15) is 9.18 Å². The summed E-state index contributed by atoms with van der Waals surface area (Å²) >= 11 is -5.94. The third kappa shape index (κ3) is 32.6. The topological polar surface area (TPSA) is 160 Å². The summed E-state index contributed by atoms with van der Waals surface area (Å²) < 4.78 is 54.9. The molecular weight excluding hydrogens is 669 g/mol. The van der Waals surface area contributed by atoms with Gasteiger partial charge in [0.25, 0.3) is 0 Å². The van der Waals surface area contributed by atoms with Crippen LogP contribution in [0.1, 0.15) is 52.8 Å². The minimum absolute atomic E-state index is 0. The van der Waals surface area contributed by atoms with Gasteiger partial charge in [0.1, 0.15) is 26.4 Å². The van der Waals surface area contributed by atoms with E-state index in [0.29, 0.717) is 5.56 Å². The van der Waals surface area contributed by atoms with Crippen LogP contribution in [0.25, 0.3) is 6.08 Å². The minimum atomic E-state index is -5.94. The summed E-state index contributed by atoms with van der Waals surface area (Å²) in [7, 11) is 3.01. The van der Waals surface area contributed by atoms with E-state index in [1.54, 1.807) is 18.3 Å². The molecule has 1 saturated heterocycles. The van der Waals surface area contributed by atoms with Gasteiger partial charge in [-0.25, -0.2) is 0 Å². The molecule has 1 aliphatic rings. The van der Waals surface area contributed by atoms with Crippen molar-refractivity contribution in [1.82, 2.24) is 19.9 Å². The molecule has 3 aromatic heterocycles. The van der Waals surface area contributed by atoms with Gasteiger partial charge < -0.3 is 9.64 Å². The molecule has 228 valence electrons. The predicted octanol–water partition coefficient (Wildman–Crippen LogP) is -4.54. The first-order valence-corrected chi connectivity index (χ1v) is 15.8. The van der Waals surface area contributed by atoms with Crippen molar-refractivity contribution in [2.45, 2.75) is 40.5 Å². The van der Waals surface area contributed by atoms with Crippen LogP contribution in [0.2, 0.25) is 0 Å². The summed E-state index contributed by atoms with van der Waals surface area (Å²) in [5, 5.41) is 0. The summed E-state index contributed by atoms with van der Waals surface area (Å²) in [6.07, 6.45) is 12.7. The molecule has 4 heterocycles. The zero-order chi connectivity index (χ0) is 32.4. The number of alkyl halides is 1. The largest absolute Gasteiger partial charge is 1.00 e. The zero-order valence-corrected chi connectivity index (χ0v) is 29.6. The van der Waals surface area contributed by atoms with Crippen LogP contribution in [0.4, 0.5) is 4.39 Å². The van der Waals surface area contributed by atoms with Gasteiger partial charge in [-0.3, -0.25) is 37.9 Å². The van der Waals surface area contributed by atoms with Gasteiger partial charge in [0.2, 0.25) is 0 Å². The van der Waals surface area contributed by atoms with Crippen LogP contribution in [0.5, 0.6) is 0 Å². The molecule has 0 unspecified atom stereocenters. The van der Waals surface area contributed by atoms with Gasteiger partial charge in [0.15, 0.2) is 0 Å². The summed E-state index contributed by atoms with van der Waals surface area (Å²) in [5.74, 6) is 0. The molecule has 0 aromatic carbocycles. The second-order valence-corrected chi connectivity index (χ2v) is 10.7. The van der Waals surface area contributed by atoms with Gasteiger partial charge in [-0.2, -0.15) is 0 Å². The average Bonchev–Trinajstić information content (AvgIpc) is 3.48.